The first-order valence-electron chi connectivity index (χ1n) is 7.38. The fraction of sp³-hybridized carbons (Fsp3) is 0.0588. The van der Waals surface area contributed by atoms with E-state index in [0.717, 1.165) is 5.56 Å². The average Bonchev–Trinajstić information content (AvgIpc) is 2.59. The van der Waals surface area contributed by atoms with Gasteiger partial charge in [-0.05, 0) is 48.9 Å². The highest BCUT2D eigenvalue weighted by Crippen LogP contribution is 2.23. The fourth-order valence-electron chi connectivity index (χ4n) is 2.16. The molecule has 2 N–H and O–H groups in total. The van der Waals surface area contributed by atoms with Crippen molar-refractivity contribution in [2.75, 3.05) is 10.0 Å². The van der Waals surface area contributed by atoms with Crippen molar-refractivity contribution in [3.8, 4) is 0 Å². The summed E-state index contributed by atoms with van der Waals surface area (Å²) in [5, 5.41) is 3.24. The first kappa shape index (κ1) is 17.2. The molecule has 25 heavy (non-hydrogen) atoms. The number of nitrogens with one attached hydrogen (secondary N) is 2. The van der Waals surface area contributed by atoms with Gasteiger partial charge >= 0.3 is 0 Å². The van der Waals surface area contributed by atoms with Gasteiger partial charge in [0, 0.05) is 17.4 Å². The number of halogens is 1. The molecule has 128 valence electrons. The van der Waals surface area contributed by atoms with E-state index in [-0.39, 0.29) is 10.2 Å². The summed E-state index contributed by atoms with van der Waals surface area (Å²) in [7, 11) is -3.64. The van der Waals surface area contributed by atoms with Crippen molar-refractivity contribution in [1.29, 1.82) is 0 Å². The van der Waals surface area contributed by atoms with E-state index in [1.165, 1.54) is 12.1 Å². The Hall–Kier alpha value is -2.64. The van der Waals surface area contributed by atoms with E-state index in [4.69, 9.17) is 11.6 Å². The third kappa shape index (κ3) is 4.26. The van der Waals surface area contributed by atoms with Gasteiger partial charge in [0.25, 0.3) is 10.0 Å². The summed E-state index contributed by atoms with van der Waals surface area (Å²) in [5.74, 6) is 0.558. The van der Waals surface area contributed by atoms with Crippen LogP contribution >= 0.6 is 11.6 Å². The van der Waals surface area contributed by atoms with E-state index in [1.807, 2.05) is 6.92 Å². The standard InChI is InChI=1S/C17H15ClN4O2S/c1-12-11-19-17(18)21-16(12)20-13-6-5-7-14(10-13)22-25(23,24)15-8-3-2-4-9-15/h2-11,22H,1H3,(H,19,20,21). The number of aromatic nitrogens is 2. The van der Waals surface area contributed by atoms with Gasteiger partial charge < -0.3 is 5.32 Å². The predicted molar refractivity (Wildman–Crippen MR) is 98.8 cm³/mol. The lowest BCUT2D eigenvalue weighted by Crippen LogP contribution is -2.12. The molecule has 0 atom stereocenters. The van der Waals surface area contributed by atoms with Gasteiger partial charge in [-0.2, -0.15) is 0 Å². The van der Waals surface area contributed by atoms with E-state index in [2.05, 4.69) is 20.0 Å². The minimum atomic E-state index is -3.64. The molecule has 0 amide bonds. The average molecular weight is 375 g/mol. The third-order valence-corrected chi connectivity index (χ3v) is 4.95. The predicted octanol–water partition coefficient (Wildman–Crippen LogP) is 3.98. The second-order valence-corrected chi connectivity index (χ2v) is 7.32. The zero-order chi connectivity index (χ0) is 17.9. The number of sulfonamides is 1. The molecule has 1 aromatic heterocycles. The molecule has 0 aliphatic heterocycles. The Labute approximate surface area is 151 Å². The molecule has 0 saturated heterocycles. The monoisotopic (exact) mass is 374 g/mol. The van der Waals surface area contributed by atoms with Crippen molar-refractivity contribution in [2.45, 2.75) is 11.8 Å². The van der Waals surface area contributed by atoms with Crippen LogP contribution in [-0.2, 0) is 10.0 Å². The number of rotatable bonds is 5. The van der Waals surface area contributed by atoms with Gasteiger partial charge in [-0.1, -0.05) is 24.3 Å². The van der Waals surface area contributed by atoms with Crippen LogP contribution in [0.4, 0.5) is 17.2 Å². The minimum absolute atomic E-state index is 0.133. The van der Waals surface area contributed by atoms with Crippen molar-refractivity contribution < 1.29 is 8.42 Å². The Morgan fingerprint density at radius 3 is 2.48 bits per heavy atom. The Bertz CT molecular complexity index is 995. The first-order chi connectivity index (χ1) is 11.9. The molecule has 0 spiro atoms. The van der Waals surface area contributed by atoms with E-state index in [1.54, 1.807) is 48.7 Å². The largest absolute Gasteiger partial charge is 0.340 e. The minimum Gasteiger partial charge on any atom is -0.340 e. The van der Waals surface area contributed by atoms with Crippen LogP contribution < -0.4 is 10.0 Å². The lowest BCUT2D eigenvalue weighted by atomic mass is 10.2. The highest BCUT2D eigenvalue weighted by atomic mass is 35.5. The summed E-state index contributed by atoms with van der Waals surface area (Å²) in [6.07, 6.45) is 1.61. The quantitative estimate of drug-likeness (QED) is 0.660. The van der Waals surface area contributed by atoms with E-state index >= 15 is 0 Å². The molecule has 0 radical (unpaired) electrons. The van der Waals surface area contributed by atoms with Gasteiger partial charge in [0.1, 0.15) is 5.82 Å². The molecule has 0 fully saturated rings. The molecule has 0 bridgehead atoms. The molecule has 3 rings (SSSR count). The van der Waals surface area contributed by atoms with Gasteiger partial charge in [-0.15, -0.1) is 0 Å². The van der Waals surface area contributed by atoms with Crippen LogP contribution in [0.5, 0.6) is 0 Å². The van der Waals surface area contributed by atoms with Crippen LogP contribution in [0.3, 0.4) is 0 Å². The number of aryl methyl sites for hydroxylation is 1. The van der Waals surface area contributed by atoms with Crippen molar-refractivity contribution in [2.24, 2.45) is 0 Å². The summed E-state index contributed by atoms with van der Waals surface area (Å²) in [6, 6.07) is 15.1. The Balaban J connectivity index is 1.83. The zero-order valence-electron chi connectivity index (χ0n) is 13.3. The Kier molecular flexibility index (Phi) is 4.87. The second-order valence-electron chi connectivity index (χ2n) is 5.30. The lowest BCUT2D eigenvalue weighted by Gasteiger charge is -2.11. The van der Waals surface area contributed by atoms with E-state index < -0.39 is 10.0 Å². The molecule has 8 heteroatoms. The van der Waals surface area contributed by atoms with E-state index in [0.29, 0.717) is 17.2 Å². The highest BCUT2D eigenvalue weighted by molar-refractivity contribution is 7.92. The maximum atomic E-state index is 12.4. The summed E-state index contributed by atoms with van der Waals surface area (Å²) < 4.78 is 27.4. The van der Waals surface area contributed by atoms with Gasteiger partial charge in [-0.3, -0.25) is 4.72 Å². The molecule has 0 unspecified atom stereocenters. The molecule has 0 saturated carbocycles. The summed E-state index contributed by atoms with van der Waals surface area (Å²) in [6.45, 7) is 1.85. The lowest BCUT2D eigenvalue weighted by molar-refractivity contribution is 0.601. The Morgan fingerprint density at radius 1 is 1.00 bits per heavy atom. The van der Waals surface area contributed by atoms with Crippen LogP contribution in [0.2, 0.25) is 5.28 Å². The molecule has 1 heterocycles. The Morgan fingerprint density at radius 2 is 1.72 bits per heavy atom. The second kappa shape index (κ2) is 7.08. The third-order valence-electron chi connectivity index (χ3n) is 3.37. The van der Waals surface area contributed by atoms with Crippen molar-refractivity contribution in [3.05, 3.63) is 71.6 Å². The SMILES string of the molecule is Cc1cnc(Cl)nc1Nc1cccc(NS(=O)(=O)c2ccccc2)c1. The molecular formula is C17H15ClN4O2S. The fourth-order valence-corrected chi connectivity index (χ4v) is 3.36. The summed E-state index contributed by atoms with van der Waals surface area (Å²) >= 11 is 5.82. The molecule has 6 nitrogen and oxygen atoms in total. The molecule has 0 aliphatic carbocycles. The van der Waals surface area contributed by atoms with Crippen LogP contribution in [0, 0.1) is 6.92 Å². The number of hydrogen-bond donors (Lipinski definition) is 2. The van der Waals surface area contributed by atoms with Gasteiger partial charge in [-0.25, -0.2) is 18.4 Å². The van der Waals surface area contributed by atoms with Crippen molar-refractivity contribution >= 4 is 38.8 Å². The number of benzene rings is 2. The number of nitrogens with zero attached hydrogens (tertiary/aromatic N) is 2. The van der Waals surface area contributed by atoms with Gasteiger partial charge in [0.05, 0.1) is 10.6 Å². The maximum absolute atomic E-state index is 12.4. The number of anilines is 3. The van der Waals surface area contributed by atoms with Crippen LogP contribution in [-0.4, -0.2) is 18.4 Å². The molecular weight excluding hydrogens is 360 g/mol. The van der Waals surface area contributed by atoms with Crippen molar-refractivity contribution in [3.63, 3.8) is 0 Å². The first-order valence-corrected chi connectivity index (χ1v) is 9.24. The smallest absolute Gasteiger partial charge is 0.261 e. The molecule has 0 aliphatic rings. The molecule has 3 aromatic rings. The maximum Gasteiger partial charge on any atom is 0.261 e. The molecule has 2 aromatic carbocycles. The zero-order valence-corrected chi connectivity index (χ0v) is 14.8. The summed E-state index contributed by atoms with van der Waals surface area (Å²) in [5.41, 5.74) is 1.93. The van der Waals surface area contributed by atoms with E-state index in [9.17, 15) is 8.42 Å². The topological polar surface area (TPSA) is 84.0 Å². The van der Waals surface area contributed by atoms with Crippen LogP contribution in [0.15, 0.2) is 65.7 Å². The van der Waals surface area contributed by atoms with Gasteiger partial charge in [0.15, 0.2) is 0 Å². The van der Waals surface area contributed by atoms with Crippen LogP contribution in [0.25, 0.3) is 0 Å². The normalized spacial score (nSPS) is 11.1. The summed E-state index contributed by atoms with van der Waals surface area (Å²) in [4.78, 5) is 8.23. The van der Waals surface area contributed by atoms with Crippen molar-refractivity contribution in [1.82, 2.24) is 9.97 Å². The van der Waals surface area contributed by atoms with Crippen LogP contribution in [0.1, 0.15) is 5.56 Å². The van der Waals surface area contributed by atoms with Gasteiger partial charge in [0.2, 0.25) is 5.28 Å². The highest BCUT2D eigenvalue weighted by Gasteiger charge is 2.13. The number of hydrogen-bond acceptors (Lipinski definition) is 5.